The molecular formula is C14H20N4S. The first-order valence-corrected chi connectivity index (χ1v) is 7.70. The van der Waals surface area contributed by atoms with Gasteiger partial charge in [-0.3, -0.25) is 0 Å². The van der Waals surface area contributed by atoms with E-state index in [-0.39, 0.29) is 0 Å². The average molecular weight is 276 g/mol. The summed E-state index contributed by atoms with van der Waals surface area (Å²) in [7, 11) is 4.36. The summed E-state index contributed by atoms with van der Waals surface area (Å²) < 4.78 is 0. The van der Waals surface area contributed by atoms with Gasteiger partial charge in [0.25, 0.3) is 0 Å². The third kappa shape index (κ3) is 2.72. The first-order valence-electron chi connectivity index (χ1n) is 6.82. The second-order valence-corrected chi connectivity index (χ2v) is 6.36. The molecule has 5 heteroatoms. The van der Waals surface area contributed by atoms with E-state index in [1.165, 1.54) is 31.3 Å². The molecule has 1 aliphatic heterocycles. The van der Waals surface area contributed by atoms with E-state index in [9.17, 15) is 0 Å². The molecule has 0 unspecified atom stereocenters. The van der Waals surface area contributed by atoms with E-state index < -0.39 is 0 Å². The molecule has 0 saturated carbocycles. The van der Waals surface area contributed by atoms with Gasteiger partial charge in [0.15, 0.2) is 0 Å². The lowest BCUT2D eigenvalue weighted by atomic mass is 9.96. The van der Waals surface area contributed by atoms with E-state index in [2.05, 4.69) is 45.3 Å². The Morgan fingerprint density at radius 1 is 1.37 bits per heavy atom. The van der Waals surface area contributed by atoms with Crippen LogP contribution in [-0.4, -0.2) is 48.6 Å². The van der Waals surface area contributed by atoms with Crippen LogP contribution in [0.5, 0.6) is 0 Å². The normalized spacial score (nSPS) is 18.0. The summed E-state index contributed by atoms with van der Waals surface area (Å²) in [6.07, 6.45) is 4.26. The van der Waals surface area contributed by atoms with Crippen LogP contribution < -0.4 is 4.90 Å². The summed E-state index contributed by atoms with van der Waals surface area (Å²) in [4.78, 5) is 14.6. The molecule has 0 radical (unpaired) electrons. The minimum absolute atomic E-state index is 0.782. The van der Waals surface area contributed by atoms with E-state index in [0.29, 0.717) is 0 Å². The topological polar surface area (TPSA) is 32.3 Å². The van der Waals surface area contributed by atoms with Crippen LogP contribution in [0.1, 0.15) is 12.8 Å². The zero-order valence-electron chi connectivity index (χ0n) is 11.5. The van der Waals surface area contributed by atoms with Crippen LogP contribution in [0.15, 0.2) is 17.8 Å². The number of aromatic nitrogens is 2. The van der Waals surface area contributed by atoms with Crippen molar-refractivity contribution in [1.82, 2.24) is 14.9 Å². The van der Waals surface area contributed by atoms with Crippen LogP contribution >= 0.6 is 11.3 Å². The molecule has 3 rings (SSSR count). The summed E-state index contributed by atoms with van der Waals surface area (Å²) >= 11 is 1.68. The molecular weight excluding hydrogens is 256 g/mol. The summed E-state index contributed by atoms with van der Waals surface area (Å²) in [6, 6.07) is 2.13. The molecule has 4 nitrogen and oxygen atoms in total. The monoisotopic (exact) mass is 276 g/mol. The predicted molar refractivity (Wildman–Crippen MR) is 80.9 cm³/mol. The Balaban J connectivity index is 1.73. The van der Waals surface area contributed by atoms with Gasteiger partial charge in [-0.1, -0.05) is 0 Å². The fourth-order valence-electron chi connectivity index (χ4n) is 2.80. The summed E-state index contributed by atoms with van der Waals surface area (Å²) in [5.74, 6) is 1.86. The first-order chi connectivity index (χ1) is 9.24. The maximum Gasteiger partial charge on any atom is 0.140 e. The molecule has 0 bridgehead atoms. The van der Waals surface area contributed by atoms with Gasteiger partial charge in [0.2, 0.25) is 0 Å². The van der Waals surface area contributed by atoms with E-state index in [1.807, 2.05) is 0 Å². The third-order valence-corrected chi connectivity index (χ3v) is 4.79. The largest absolute Gasteiger partial charge is 0.359 e. The lowest BCUT2D eigenvalue weighted by Crippen LogP contribution is -2.36. The Kier molecular flexibility index (Phi) is 3.66. The van der Waals surface area contributed by atoms with E-state index in [1.54, 1.807) is 17.7 Å². The van der Waals surface area contributed by atoms with Crippen molar-refractivity contribution in [1.29, 1.82) is 0 Å². The van der Waals surface area contributed by atoms with E-state index in [0.717, 1.165) is 23.1 Å². The van der Waals surface area contributed by atoms with E-state index in [4.69, 9.17) is 0 Å². The number of fused-ring (bicyclic) bond motifs is 1. The SMILES string of the molecule is CN1CCC(CN(C)c2ncnc3sccc23)CC1. The Morgan fingerprint density at radius 3 is 2.95 bits per heavy atom. The molecule has 0 atom stereocenters. The molecule has 102 valence electrons. The summed E-state index contributed by atoms with van der Waals surface area (Å²) in [6.45, 7) is 3.53. The Hall–Kier alpha value is -1.20. The minimum Gasteiger partial charge on any atom is -0.359 e. The van der Waals surface area contributed by atoms with Crippen molar-refractivity contribution < 1.29 is 0 Å². The van der Waals surface area contributed by atoms with Gasteiger partial charge in [-0.2, -0.15) is 0 Å². The highest BCUT2D eigenvalue weighted by Crippen LogP contribution is 2.27. The number of likely N-dealkylation sites (tertiary alicyclic amines) is 1. The summed E-state index contributed by atoms with van der Waals surface area (Å²) in [5, 5.41) is 3.27. The van der Waals surface area contributed by atoms with Gasteiger partial charge in [0.1, 0.15) is 17.0 Å². The smallest absolute Gasteiger partial charge is 0.140 e. The molecule has 19 heavy (non-hydrogen) atoms. The van der Waals surface area contributed by atoms with Gasteiger partial charge in [-0.25, -0.2) is 9.97 Å². The highest BCUT2D eigenvalue weighted by Gasteiger charge is 2.19. The molecule has 1 aliphatic rings. The quantitative estimate of drug-likeness (QED) is 0.862. The second kappa shape index (κ2) is 5.43. The highest BCUT2D eigenvalue weighted by molar-refractivity contribution is 7.16. The average Bonchev–Trinajstić information content (AvgIpc) is 2.89. The molecule has 0 N–H and O–H groups in total. The van der Waals surface area contributed by atoms with Crippen LogP contribution in [-0.2, 0) is 0 Å². The number of hydrogen-bond donors (Lipinski definition) is 0. The Bertz CT molecular complexity index is 545. The van der Waals surface area contributed by atoms with Gasteiger partial charge in [0.05, 0.1) is 5.39 Å². The second-order valence-electron chi connectivity index (χ2n) is 5.46. The Morgan fingerprint density at radius 2 is 2.16 bits per heavy atom. The molecule has 1 fully saturated rings. The minimum atomic E-state index is 0.782. The molecule has 0 aromatic carbocycles. The van der Waals surface area contributed by atoms with Crippen molar-refractivity contribution in [3.05, 3.63) is 17.8 Å². The molecule has 0 aliphatic carbocycles. The van der Waals surface area contributed by atoms with Crippen molar-refractivity contribution in [3.63, 3.8) is 0 Å². The molecule has 0 amide bonds. The lowest BCUT2D eigenvalue weighted by molar-refractivity contribution is 0.222. The zero-order valence-corrected chi connectivity index (χ0v) is 12.4. The predicted octanol–water partition coefficient (Wildman–Crippen LogP) is 2.47. The fraction of sp³-hybridized carbons (Fsp3) is 0.571. The van der Waals surface area contributed by atoms with Crippen LogP contribution in [0.25, 0.3) is 10.2 Å². The van der Waals surface area contributed by atoms with Crippen molar-refractivity contribution in [2.45, 2.75) is 12.8 Å². The van der Waals surface area contributed by atoms with Crippen LogP contribution in [0.3, 0.4) is 0 Å². The fourth-order valence-corrected chi connectivity index (χ4v) is 3.53. The maximum atomic E-state index is 4.47. The molecule has 2 aromatic rings. The Labute approximate surface area is 118 Å². The van der Waals surface area contributed by atoms with Gasteiger partial charge in [0, 0.05) is 13.6 Å². The van der Waals surface area contributed by atoms with Gasteiger partial charge in [-0.05, 0) is 50.3 Å². The molecule has 2 aromatic heterocycles. The zero-order chi connectivity index (χ0) is 13.2. The van der Waals surface area contributed by atoms with Crippen molar-refractivity contribution in [2.24, 2.45) is 5.92 Å². The standard InChI is InChI=1S/C14H20N4S/c1-17-6-3-11(4-7-17)9-18(2)13-12-5-8-19-14(12)16-10-15-13/h5,8,10-11H,3-4,6-7,9H2,1-2H3. The molecule has 0 spiro atoms. The lowest BCUT2D eigenvalue weighted by Gasteiger charge is -2.32. The van der Waals surface area contributed by atoms with Crippen LogP contribution in [0.2, 0.25) is 0 Å². The number of hydrogen-bond acceptors (Lipinski definition) is 5. The molecule has 1 saturated heterocycles. The van der Waals surface area contributed by atoms with Gasteiger partial charge < -0.3 is 9.80 Å². The van der Waals surface area contributed by atoms with Gasteiger partial charge in [-0.15, -0.1) is 11.3 Å². The van der Waals surface area contributed by atoms with Crippen molar-refractivity contribution >= 4 is 27.4 Å². The van der Waals surface area contributed by atoms with Crippen molar-refractivity contribution in [3.8, 4) is 0 Å². The number of piperidine rings is 1. The summed E-state index contributed by atoms with van der Waals surface area (Å²) in [5.41, 5.74) is 0. The number of rotatable bonds is 3. The van der Waals surface area contributed by atoms with Gasteiger partial charge >= 0.3 is 0 Å². The maximum absolute atomic E-state index is 4.47. The highest BCUT2D eigenvalue weighted by atomic mass is 32.1. The van der Waals surface area contributed by atoms with Crippen LogP contribution in [0, 0.1) is 5.92 Å². The number of thiophene rings is 1. The molecule has 3 heterocycles. The number of anilines is 1. The number of nitrogens with zero attached hydrogens (tertiary/aromatic N) is 4. The van der Waals surface area contributed by atoms with Crippen LogP contribution in [0.4, 0.5) is 5.82 Å². The third-order valence-electron chi connectivity index (χ3n) is 3.97. The van der Waals surface area contributed by atoms with E-state index >= 15 is 0 Å². The van der Waals surface area contributed by atoms with Crippen molar-refractivity contribution in [2.75, 3.05) is 38.6 Å². The first kappa shape index (κ1) is 12.8.